The van der Waals surface area contributed by atoms with E-state index < -0.39 is 23.3 Å². The summed E-state index contributed by atoms with van der Waals surface area (Å²) in [5.74, 6) is -2.20. The lowest BCUT2D eigenvalue weighted by atomic mass is 9.85. The normalized spacial score (nSPS) is 15.7. The van der Waals surface area contributed by atoms with Gasteiger partial charge >= 0.3 is 17.8 Å². The first kappa shape index (κ1) is 23.2. The van der Waals surface area contributed by atoms with E-state index in [4.69, 9.17) is 15.9 Å². The molecule has 170 valence electrons. The second-order valence-electron chi connectivity index (χ2n) is 7.45. The van der Waals surface area contributed by atoms with Gasteiger partial charge in [0.2, 0.25) is 0 Å². The van der Waals surface area contributed by atoms with Crippen LogP contribution in [0.2, 0.25) is 0 Å². The number of carboxylic acids is 1. The van der Waals surface area contributed by atoms with Crippen LogP contribution in [0.5, 0.6) is 5.75 Å². The smallest absolute Gasteiger partial charge is 0.330 e. The van der Waals surface area contributed by atoms with E-state index >= 15 is 0 Å². The summed E-state index contributed by atoms with van der Waals surface area (Å²) < 4.78 is 5.69. The van der Waals surface area contributed by atoms with Crippen molar-refractivity contribution < 1.29 is 24.2 Å². The van der Waals surface area contributed by atoms with Crippen LogP contribution < -0.4 is 15.8 Å². The quantitative estimate of drug-likeness (QED) is 0.169. The SMILES string of the molecule is N=C(N)c1ccc(OCCCCC(Cc2cscn2)(C(=O)O)N2CCNC(=O)C2=O)cc1. The number of nitrogens with one attached hydrogen (secondary N) is 2. The first-order valence-corrected chi connectivity index (χ1v) is 11.1. The highest BCUT2D eigenvalue weighted by Gasteiger charge is 2.49. The van der Waals surface area contributed by atoms with E-state index in [1.807, 2.05) is 0 Å². The molecule has 1 aromatic heterocycles. The van der Waals surface area contributed by atoms with Gasteiger partial charge in [0.05, 0.1) is 17.8 Å². The number of ether oxygens (including phenoxy) is 1. The van der Waals surface area contributed by atoms with E-state index in [0.717, 1.165) is 0 Å². The predicted octanol–water partition coefficient (Wildman–Crippen LogP) is 1.00. The average molecular weight is 460 g/mol. The fraction of sp³-hybridized carbons (Fsp3) is 0.381. The number of rotatable bonds is 11. The second kappa shape index (κ2) is 10.2. The number of thiazole rings is 1. The van der Waals surface area contributed by atoms with Crippen molar-refractivity contribution in [1.82, 2.24) is 15.2 Å². The lowest BCUT2D eigenvalue weighted by molar-refractivity contribution is -0.165. The molecule has 0 aliphatic carbocycles. The molecule has 2 heterocycles. The molecule has 11 heteroatoms. The Morgan fingerprint density at radius 1 is 1.31 bits per heavy atom. The third kappa shape index (κ3) is 5.22. The van der Waals surface area contributed by atoms with Crippen LogP contribution in [0.3, 0.4) is 0 Å². The number of carboxylic acid groups (broad SMARTS) is 1. The number of hydrogen-bond acceptors (Lipinski definition) is 7. The average Bonchev–Trinajstić information content (AvgIpc) is 3.28. The number of unbranched alkanes of at least 4 members (excludes halogenated alkanes) is 1. The molecular formula is C21H25N5O5S. The molecule has 1 saturated heterocycles. The number of carbonyl (C=O) groups excluding carboxylic acids is 2. The first-order valence-electron chi connectivity index (χ1n) is 10.1. The highest BCUT2D eigenvalue weighted by molar-refractivity contribution is 7.07. The number of nitrogens with two attached hydrogens (primary N) is 1. The monoisotopic (exact) mass is 459 g/mol. The van der Waals surface area contributed by atoms with Crippen molar-refractivity contribution in [3.63, 3.8) is 0 Å². The largest absolute Gasteiger partial charge is 0.494 e. The van der Waals surface area contributed by atoms with Gasteiger partial charge in [0.1, 0.15) is 17.1 Å². The highest BCUT2D eigenvalue weighted by Crippen LogP contribution is 2.29. The molecule has 5 N–H and O–H groups in total. The minimum atomic E-state index is -1.56. The van der Waals surface area contributed by atoms with Gasteiger partial charge in [-0.1, -0.05) is 0 Å². The Labute approximate surface area is 188 Å². The number of piperazine rings is 1. The number of benzene rings is 1. The molecule has 1 unspecified atom stereocenters. The van der Waals surface area contributed by atoms with Crippen molar-refractivity contribution in [2.75, 3.05) is 19.7 Å². The van der Waals surface area contributed by atoms with Crippen molar-refractivity contribution in [1.29, 1.82) is 5.41 Å². The van der Waals surface area contributed by atoms with Gasteiger partial charge < -0.3 is 25.8 Å². The molecule has 1 aliphatic heterocycles. The summed E-state index contributed by atoms with van der Waals surface area (Å²) >= 11 is 1.34. The molecular weight excluding hydrogens is 434 g/mol. The van der Waals surface area contributed by atoms with E-state index in [1.54, 1.807) is 35.2 Å². The number of hydrogen-bond donors (Lipinski definition) is 4. The van der Waals surface area contributed by atoms with Gasteiger partial charge in [-0.3, -0.25) is 15.0 Å². The molecule has 1 aromatic carbocycles. The van der Waals surface area contributed by atoms with Crippen LogP contribution in [0.4, 0.5) is 0 Å². The van der Waals surface area contributed by atoms with Crippen LogP contribution in [-0.2, 0) is 20.8 Å². The van der Waals surface area contributed by atoms with Crippen LogP contribution in [0.1, 0.15) is 30.5 Å². The summed E-state index contributed by atoms with van der Waals surface area (Å²) in [4.78, 5) is 42.3. The molecule has 1 aliphatic rings. The zero-order valence-corrected chi connectivity index (χ0v) is 18.2. The van der Waals surface area contributed by atoms with Gasteiger partial charge in [-0.25, -0.2) is 9.78 Å². The van der Waals surface area contributed by atoms with Gasteiger partial charge in [0, 0.05) is 30.5 Å². The van der Waals surface area contributed by atoms with Crippen LogP contribution in [0, 0.1) is 5.41 Å². The number of amides is 2. The standard InChI is InChI=1S/C21H25N5O5S/c22-17(23)14-3-5-16(6-4-14)31-10-2-1-7-21(20(29)30,11-15-12-32-13-25-15)26-9-8-24-18(27)19(26)28/h3-6,12-13H,1-2,7-11H2,(H3,22,23)(H,24,27)(H,29,30). The lowest BCUT2D eigenvalue weighted by Gasteiger charge is -2.42. The summed E-state index contributed by atoms with van der Waals surface area (Å²) in [5, 5.41) is 21.8. The van der Waals surface area contributed by atoms with Crippen LogP contribution >= 0.6 is 11.3 Å². The van der Waals surface area contributed by atoms with Gasteiger partial charge in [0.25, 0.3) is 0 Å². The Hall–Kier alpha value is -3.47. The Balaban J connectivity index is 1.66. The Kier molecular flexibility index (Phi) is 7.41. The van der Waals surface area contributed by atoms with Crippen LogP contribution in [0.15, 0.2) is 35.2 Å². The Morgan fingerprint density at radius 3 is 2.69 bits per heavy atom. The lowest BCUT2D eigenvalue weighted by Crippen LogP contribution is -2.65. The molecule has 0 radical (unpaired) electrons. The summed E-state index contributed by atoms with van der Waals surface area (Å²) in [5.41, 5.74) is 6.65. The maximum Gasteiger partial charge on any atom is 0.330 e. The molecule has 1 atom stereocenters. The van der Waals surface area contributed by atoms with E-state index in [2.05, 4.69) is 10.3 Å². The van der Waals surface area contributed by atoms with E-state index in [9.17, 15) is 19.5 Å². The van der Waals surface area contributed by atoms with E-state index in [-0.39, 0.29) is 31.8 Å². The molecule has 10 nitrogen and oxygen atoms in total. The van der Waals surface area contributed by atoms with E-state index in [0.29, 0.717) is 36.5 Å². The summed E-state index contributed by atoms with van der Waals surface area (Å²) in [6.07, 6.45) is 1.20. The number of nitrogens with zero attached hydrogens (tertiary/aromatic N) is 2. The van der Waals surface area contributed by atoms with Crippen molar-refractivity contribution in [2.45, 2.75) is 31.2 Å². The molecule has 0 saturated carbocycles. The Bertz CT molecular complexity index is 979. The highest BCUT2D eigenvalue weighted by atomic mass is 32.1. The van der Waals surface area contributed by atoms with Crippen LogP contribution in [-0.4, -0.2) is 63.8 Å². The van der Waals surface area contributed by atoms with Gasteiger partial charge in [-0.05, 0) is 43.5 Å². The summed E-state index contributed by atoms with van der Waals surface area (Å²) in [7, 11) is 0. The molecule has 2 aromatic rings. The zero-order valence-electron chi connectivity index (χ0n) is 17.4. The molecule has 0 spiro atoms. The van der Waals surface area contributed by atoms with Crippen LogP contribution in [0.25, 0.3) is 0 Å². The number of aliphatic carboxylic acids is 1. The fourth-order valence-corrected chi connectivity index (χ4v) is 4.23. The molecule has 0 bridgehead atoms. The number of carbonyl (C=O) groups is 3. The second-order valence-corrected chi connectivity index (χ2v) is 8.17. The van der Waals surface area contributed by atoms with E-state index in [1.165, 1.54) is 16.2 Å². The van der Waals surface area contributed by atoms with Gasteiger partial charge in [0.15, 0.2) is 0 Å². The maximum atomic E-state index is 12.5. The van der Waals surface area contributed by atoms with Gasteiger partial charge in [-0.2, -0.15) is 0 Å². The summed E-state index contributed by atoms with van der Waals surface area (Å²) in [6, 6.07) is 6.80. The molecule has 3 rings (SSSR count). The predicted molar refractivity (Wildman–Crippen MR) is 118 cm³/mol. The zero-order chi connectivity index (χ0) is 23.1. The fourth-order valence-electron chi connectivity index (χ4n) is 3.67. The third-order valence-electron chi connectivity index (χ3n) is 5.35. The molecule has 32 heavy (non-hydrogen) atoms. The first-order chi connectivity index (χ1) is 15.3. The third-order valence-corrected chi connectivity index (χ3v) is 5.99. The van der Waals surface area contributed by atoms with Gasteiger partial charge in [-0.15, -0.1) is 11.3 Å². The van der Waals surface area contributed by atoms with Crippen molar-refractivity contribution in [3.05, 3.63) is 46.4 Å². The minimum Gasteiger partial charge on any atom is -0.494 e. The Morgan fingerprint density at radius 2 is 2.06 bits per heavy atom. The number of nitrogen functional groups attached to an aromatic ring is 1. The summed E-state index contributed by atoms with van der Waals surface area (Å²) in [6.45, 7) is 0.677. The number of amidine groups is 1. The van der Waals surface area contributed by atoms with Crippen molar-refractivity contribution in [3.8, 4) is 5.75 Å². The number of aromatic nitrogens is 1. The van der Waals surface area contributed by atoms with Crippen molar-refractivity contribution in [2.24, 2.45) is 5.73 Å². The topological polar surface area (TPSA) is 159 Å². The van der Waals surface area contributed by atoms with Crippen molar-refractivity contribution >= 4 is 35.0 Å². The molecule has 2 amide bonds. The minimum absolute atomic E-state index is 0.0254. The molecule has 1 fully saturated rings. The maximum absolute atomic E-state index is 12.5.